The average molecular weight is 429 g/mol. The molecule has 1 aliphatic carbocycles. The second-order valence-electron chi connectivity index (χ2n) is 7.76. The van der Waals surface area contributed by atoms with E-state index in [9.17, 15) is 0 Å². The van der Waals surface area contributed by atoms with E-state index in [1.54, 1.807) is 11.8 Å². The Morgan fingerprint density at radius 3 is 2.60 bits per heavy atom. The number of aromatic nitrogens is 3. The van der Waals surface area contributed by atoms with Gasteiger partial charge in [0.05, 0.1) is 6.54 Å². The number of aliphatic imine (C=N–C) groups is 1. The number of guanidine groups is 1. The minimum Gasteiger partial charge on any atom is -0.357 e. The molecule has 1 fully saturated rings. The van der Waals surface area contributed by atoms with E-state index in [1.807, 2.05) is 0 Å². The lowest BCUT2D eigenvalue weighted by Gasteiger charge is -2.16. The van der Waals surface area contributed by atoms with Gasteiger partial charge in [-0.3, -0.25) is 0 Å². The van der Waals surface area contributed by atoms with Crippen molar-refractivity contribution in [3.8, 4) is 0 Å². The Balaban J connectivity index is 1.54. The molecule has 0 unspecified atom stereocenters. The highest BCUT2D eigenvalue weighted by atomic mass is 32.2. The molecular weight excluding hydrogens is 392 g/mol. The first-order chi connectivity index (χ1) is 14.8. The highest BCUT2D eigenvalue weighted by molar-refractivity contribution is 7.98. The molecule has 3 rings (SSSR count). The van der Waals surface area contributed by atoms with Crippen LogP contribution in [-0.2, 0) is 19.4 Å². The molecule has 6 nitrogen and oxygen atoms in total. The van der Waals surface area contributed by atoms with Gasteiger partial charge in [-0.05, 0) is 50.0 Å². The lowest BCUT2D eigenvalue weighted by molar-refractivity contribution is 0.460. The molecule has 1 aliphatic rings. The van der Waals surface area contributed by atoms with E-state index in [0.29, 0.717) is 12.6 Å². The van der Waals surface area contributed by atoms with Gasteiger partial charge in [0.15, 0.2) is 11.1 Å². The van der Waals surface area contributed by atoms with Gasteiger partial charge in [0.2, 0.25) is 0 Å². The fraction of sp³-hybridized carbons (Fsp3) is 0.609. The van der Waals surface area contributed by atoms with Crippen molar-refractivity contribution in [1.29, 1.82) is 0 Å². The molecule has 0 bridgehead atoms. The Hall–Kier alpha value is -2.02. The Labute approximate surface area is 185 Å². The lowest BCUT2D eigenvalue weighted by Crippen LogP contribution is -2.38. The Morgan fingerprint density at radius 2 is 1.90 bits per heavy atom. The molecule has 0 amide bonds. The van der Waals surface area contributed by atoms with Gasteiger partial charge in [0.1, 0.15) is 5.82 Å². The molecule has 0 radical (unpaired) electrons. The topological polar surface area (TPSA) is 67.1 Å². The highest BCUT2D eigenvalue weighted by Gasteiger charge is 2.23. The number of aryl methyl sites for hydroxylation is 2. The molecule has 0 spiro atoms. The summed E-state index contributed by atoms with van der Waals surface area (Å²) in [7, 11) is 0. The van der Waals surface area contributed by atoms with Gasteiger partial charge in [-0.15, -0.1) is 10.2 Å². The molecule has 1 heterocycles. The third kappa shape index (κ3) is 6.00. The van der Waals surface area contributed by atoms with Crippen LogP contribution in [0.5, 0.6) is 0 Å². The minimum absolute atomic E-state index is 0.586. The zero-order chi connectivity index (χ0) is 21.2. The largest absolute Gasteiger partial charge is 0.357 e. The summed E-state index contributed by atoms with van der Waals surface area (Å²) in [5.41, 5.74) is 2.67. The summed E-state index contributed by atoms with van der Waals surface area (Å²) in [6, 6.07) is 9.14. The zero-order valence-electron chi connectivity index (χ0n) is 18.7. The molecule has 0 aliphatic heterocycles. The van der Waals surface area contributed by atoms with Crippen molar-refractivity contribution in [2.45, 2.75) is 76.5 Å². The monoisotopic (exact) mass is 428 g/mol. The van der Waals surface area contributed by atoms with Gasteiger partial charge in [0, 0.05) is 25.6 Å². The Morgan fingerprint density at radius 1 is 1.13 bits per heavy atom. The van der Waals surface area contributed by atoms with Gasteiger partial charge in [-0.25, -0.2) is 4.99 Å². The van der Waals surface area contributed by atoms with E-state index in [0.717, 1.165) is 49.3 Å². The van der Waals surface area contributed by atoms with Crippen LogP contribution in [0.15, 0.2) is 34.4 Å². The summed E-state index contributed by atoms with van der Waals surface area (Å²) in [6.45, 7) is 6.72. The molecule has 30 heavy (non-hydrogen) atoms. The smallest absolute Gasteiger partial charge is 0.191 e. The van der Waals surface area contributed by atoms with Crippen molar-refractivity contribution < 1.29 is 0 Å². The number of nitrogens with one attached hydrogen (secondary N) is 2. The predicted molar refractivity (Wildman–Crippen MR) is 126 cm³/mol. The highest BCUT2D eigenvalue weighted by Crippen LogP contribution is 2.33. The Kier molecular flexibility index (Phi) is 9.05. The SMILES string of the molecule is CCNC(=NCc1ccccc1CC)NCCCc1nnc(SC)n1C1CCCC1. The molecule has 2 N–H and O–H groups in total. The van der Waals surface area contributed by atoms with Gasteiger partial charge < -0.3 is 15.2 Å². The fourth-order valence-corrected chi connectivity index (χ4v) is 4.74. The van der Waals surface area contributed by atoms with Crippen LogP contribution in [0.3, 0.4) is 0 Å². The van der Waals surface area contributed by atoms with Gasteiger partial charge >= 0.3 is 0 Å². The van der Waals surface area contributed by atoms with Crippen molar-refractivity contribution in [1.82, 2.24) is 25.4 Å². The molecule has 0 saturated heterocycles. The van der Waals surface area contributed by atoms with Crippen molar-refractivity contribution in [3.05, 3.63) is 41.2 Å². The van der Waals surface area contributed by atoms with Crippen molar-refractivity contribution in [3.63, 3.8) is 0 Å². The maximum atomic E-state index is 4.79. The molecule has 7 heteroatoms. The summed E-state index contributed by atoms with van der Waals surface area (Å²) in [4.78, 5) is 4.79. The Bertz CT molecular complexity index is 810. The molecule has 2 aromatic rings. The predicted octanol–water partition coefficient (Wildman–Crippen LogP) is 4.37. The van der Waals surface area contributed by atoms with E-state index in [1.165, 1.54) is 36.8 Å². The van der Waals surface area contributed by atoms with Crippen LogP contribution in [0, 0.1) is 0 Å². The van der Waals surface area contributed by atoms with Crippen LogP contribution < -0.4 is 10.6 Å². The van der Waals surface area contributed by atoms with Crippen LogP contribution in [0.2, 0.25) is 0 Å². The first kappa shape index (κ1) is 22.7. The maximum absolute atomic E-state index is 4.79. The summed E-state index contributed by atoms with van der Waals surface area (Å²) in [5.74, 6) is 2.01. The summed E-state index contributed by atoms with van der Waals surface area (Å²) < 4.78 is 2.40. The standard InChI is InChI=1S/C23H36N6S/c1-4-18-11-6-7-12-19(18)17-26-22(24-5-2)25-16-10-15-21-27-28-23(30-3)29(21)20-13-8-9-14-20/h6-7,11-12,20H,4-5,8-10,13-17H2,1-3H3,(H2,24,25,26). The van der Waals surface area contributed by atoms with Crippen LogP contribution in [-0.4, -0.2) is 40.1 Å². The zero-order valence-corrected chi connectivity index (χ0v) is 19.5. The van der Waals surface area contributed by atoms with Crippen molar-refractivity contribution >= 4 is 17.7 Å². The quantitative estimate of drug-likeness (QED) is 0.255. The van der Waals surface area contributed by atoms with E-state index < -0.39 is 0 Å². The first-order valence-corrected chi connectivity index (χ1v) is 12.6. The fourth-order valence-electron chi connectivity index (χ4n) is 4.16. The van der Waals surface area contributed by atoms with E-state index in [2.05, 4.69) is 69.8 Å². The normalized spacial score (nSPS) is 15.0. The minimum atomic E-state index is 0.586. The van der Waals surface area contributed by atoms with Gasteiger partial charge in [-0.1, -0.05) is 55.8 Å². The molecule has 1 aromatic carbocycles. The number of nitrogens with zero attached hydrogens (tertiary/aromatic N) is 4. The van der Waals surface area contributed by atoms with Crippen molar-refractivity contribution in [2.75, 3.05) is 19.3 Å². The third-order valence-electron chi connectivity index (χ3n) is 5.73. The van der Waals surface area contributed by atoms with Crippen LogP contribution in [0.1, 0.15) is 68.9 Å². The number of hydrogen-bond acceptors (Lipinski definition) is 4. The summed E-state index contributed by atoms with van der Waals surface area (Å²) in [6.07, 6.45) is 10.2. The van der Waals surface area contributed by atoms with E-state index in [4.69, 9.17) is 4.99 Å². The summed E-state index contributed by atoms with van der Waals surface area (Å²) in [5, 5.41) is 16.8. The van der Waals surface area contributed by atoms with Gasteiger partial charge in [-0.2, -0.15) is 0 Å². The van der Waals surface area contributed by atoms with Crippen LogP contribution in [0.4, 0.5) is 0 Å². The second-order valence-corrected chi connectivity index (χ2v) is 8.53. The van der Waals surface area contributed by atoms with E-state index in [-0.39, 0.29) is 0 Å². The molecule has 1 aromatic heterocycles. The third-order valence-corrected chi connectivity index (χ3v) is 6.37. The lowest BCUT2D eigenvalue weighted by atomic mass is 10.1. The number of rotatable bonds is 10. The molecule has 164 valence electrons. The summed E-state index contributed by atoms with van der Waals surface area (Å²) >= 11 is 1.71. The second kappa shape index (κ2) is 12.0. The first-order valence-electron chi connectivity index (χ1n) is 11.3. The van der Waals surface area contributed by atoms with Gasteiger partial charge in [0.25, 0.3) is 0 Å². The molecular formula is C23H36N6S. The maximum Gasteiger partial charge on any atom is 0.191 e. The number of benzene rings is 1. The van der Waals surface area contributed by atoms with Crippen LogP contribution in [0.25, 0.3) is 0 Å². The average Bonchev–Trinajstić information content (AvgIpc) is 3.44. The number of hydrogen-bond donors (Lipinski definition) is 2. The molecule has 1 saturated carbocycles. The van der Waals surface area contributed by atoms with Crippen molar-refractivity contribution in [2.24, 2.45) is 4.99 Å². The molecule has 0 atom stereocenters. The van der Waals surface area contributed by atoms with Crippen LogP contribution >= 0.6 is 11.8 Å². The number of thioether (sulfide) groups is 1. The van der Waals surface area contributed by atoms with E-state index >= 15 is 0 Å².